The van der Waals surface area contributed by atoms with Gasteiger partial charge in [0.05, 0.1) is 18.9 Å². The molecular formula is C19H25N3O3. The number of rotatable bonds is 9. The highest BCUT2D eigenvalue weighted by Gasteiger charge is 2.06. The molecule has 134 valence electrons. The number of methoxy groups -OCH3 is 1. The monoisotopic (exact) mass is 343 g/mol. The summed E-state index contributed by atoms with van der Waals surface area (Å²) in [6.45, 7) is 4.32. The summed E-state index contributed by atoms with van der Waals surface area (Å²) in [6.07, 6.45) is 0. The van der Waals surface area contributed by atoms with Crippen LogP contribution < -0.4 is 20.7 Å². The maximum atomic E-state index is 12.1. The molecule has 0 fully saturated rings. The zero-order chi connectivity index (χ0) is 17.9. The third-order valence-corrected chi connectivity index (χ3v) is 3.48. The standard InChI is InChI=1S/C19H25N3O3/c1-3-25-18-7-5-4-6-17(18)22-19(23)21-14-15-8-10-16(11-9-15)20-12-13-24-2/h4-11,20H,3,12-14H2,1-2H3,(H2,21,22,23). The van der Waals surface area contributed by atoms with Gasteiger partial charge in [0, 0.05) is 25.9 Å². The second kappa shape index (κ2) is 10.2. The molecule has 2 aromatic carbocycles. The third kappa shape index (κ3) is 6.35. The van der Waals surface area contributed by atoms with E-state index in [-0.39, 0.29) is 6.03 Å². The van der Waals surface area contributed by atoms with E-state index in [0.29, 0.717) is 31.2 Å². The number of nitrogens with one attached hydrogen (secondary N) is 3. The number of benzene rings is 2. The molecule has 0 aromatic heterocycles. The van der Waals surface area contributed by atoms with Crippen LogP contribution in [0.4, 0.5) is 16.2 Å². The van der Waals surface area contributed by atoms with Crippen molar-refractivity contribution < 1.29 is 14.3 Å². The largest absolute Gasteiger partial charge is 0.492 e. The molecule has 0 aliphatic heterocycles. The number of carbonyl (C=O) groups is 1. The Labute approximate surface area is 148 Å². The smallest absolute Gasteiger partial charge is 0.319 e. The highest BCUT2D eigenvalue weighted by molar-refractivity contribution is 5.90. The summed E-state index contributed by atoms with van der Waals surface area (Å²) in [5.41, 5.74) is 2.70. The van der Waals surface area contributed by atoms with Crippen LogP contribution in [0.3, 0.4) is 0 Å². The Morgan fingerprint density at radius 1 is 1.08 bits per heavy atom. The quantitative estimate of drug-likeness (QED) is 0.610. The van der Waals surface area contributed by atoms with Crippen molar-refractivity contribution in [3.8, 4) is 5.75 Å². The molecule has 2 rings (SSSR count). The summed E-state index contributed by atoms with van der Waals surface area (Å²) in [4.78, 5) is 12.1. The number of urea groups is 1. The lowest BCUT2D eigenvalue weighted by molar-refractivity contribution is 0.211. The van der Waals surface area contributed by atoms with Gasteiger partial charge < -0.3 is 25.4 Å². The number of amides is 2. The lowest BCUT2D eigenvalue weighted by Gasteiger charge is -2.12. The zero-order valence-electron chi connectivity index (χ0n) is 14.7. The van der Waals surface area contributed by atoms with Crippen LogP contribution in [-0.4, -0.2) is 32.9 Å². The molecule has 2 aromatic rings. The summed E-state index contributed by atoms with van der Waals surface area (Å²) < 4.78 is 10.5. The van der Waals surface area contributed by atoms with Crippen molar-refractivity contribution in [3.05, 3.63) is 54.1 Å². The van der Waals surface area contributed by atoms with E-state index in [9.17, 15) is 4.79 Å². The predicted molar refractivity (Wildman–Crippen MR) is 100 cm³/mol. The molecule has 2 amide bonds. The number of anilines is 2. The van der Waals surface area contributed by atoms with E-state index in [1.807, 2.05) is 55.5 Å². The summed E-state index contributed by atoms with van der Waals surface area (Å²) in [7, 11) is 1.67. The highest BCUT2D eigenvalue weighted by atomic mass is 16.5. The average molecular weight is 343 g/mol. The second-order valence-electron chi connectivity index (χ2n) is 5.35. The summed E-state index contributed by atoms with van der Waals surface area (Å²) >= 11 is 0. The Morgan fingerprint density at radius 3 is 2.56 bits per heavy atom. The van der Waals surface area contributed by atoms with Crippen LogP contribution in [-0.2, 0) is 11.3 Å². The van der Waals surface area contributed by atoms with Gasteiger partial charge in [-0.2, -0.15) is 0 Å². The minimum Gasteiger partial charge on any atom is -0.492 e. The zero-order valence-corrected chi connectivity index (χ0v) is 14.7. The van der Waals surface area contributed by atoms with Crippen LogP contribution in [0.15, 0.2) is 48.5 Å². The number of para-hydroxylation sites is 2. The van der Waals surface area contributed by atoms with Crippen LogP contribution in [0.5, 0.6) is 5.75 Å². The molecule has 6 heteroatoms. The lowest BCUT2D eigenvalue weighted by atomic mass is 10.2. The van der Waals surface area contributed by atoms with Crippen LogP contribution in [0.2, 0.25) is 0 Å². The van der Waals surface area contributed by atoms with Crippen LogP contribution in [0.25, 0.3) is 0 Å². The SMILES string of the molecule is CCOc1ccccc1NC(=O)NCc1ccc(NCCOC)cc1. The Bertz CT molecular complexity index is 659. The van der Waals surface area contributed by atoms with Gasteiger partial charge in [-0.25, -0.2) is 4.79 Å². The fourth-order valence-electron chi connectivity index (χ4n) is 2.24. The minimum atomic E-state index is -0.269. The fraction of sp³-hybridized carbons (Fsp3) is 0.316. The molecule has 0 atom stereocenters. The third-order valence-electron chi connectivity index (χ3n) is 3.48. The van der Waals surface area contributed by atoms with Gasteiger partial charge in [-0.1, -0.05) is 24.3 Å². The molecule has 0 unspecified atom stereocenters. The van der Waals surface area contributed by atoms with E-state index in [0.717, 1.165) is 17.8 Å². The van der Waals surface area contributed by atoms with E-state index >= 15 is 0 Å². The van der Waals surface area contributed by atoms with Gasteiger partial charge >= 0.3 is 6.03 Å². The molecule has 0 saturated carbocycles. The van der Waals surface area contributed by atoms with E-state index < -0.39 is 0 Å². The normalized spacial score (nSPS) is 10.2. The fourth-order valence-corrected chi connectivity index (χ4v) is 2.24. The van der Waals surface area contributed by atoms with Crippen molar-refractivity contribution in [1.29, 1.82) is 0 Å². The van der Waals surface area contributed by atoms with E-state index in [4.69, 9.17) is 9.47 Å². The molecular weight excluding hydrogens is 318 g/mol. The van der Waals surface area contributed by atoms with Crippen molar-refractivity contribution in [2.24, 2.45) is 0 Å². The van der Waals surface area contributed by atoms with Gasteiger partial charge in [0.15, 0.2) is 0 Å². The Morgan fingerprint density at radius 2 is 1.84 bits per heavy atom. The number of carbonyl (C=O) groups excluding carboxylic acids is 1. The first-order chi connectivity index (χ1) is 12.2. The first kappa shape index (κ1) is 18.6. The molecule has 0 spiro atoms. The van der Waals surface area contributed by atoms with E-state index in [1.54, 1.807) is 7.11 Å². The molecule has 0 radical (unpaired) electrons. The highest BCUT2D eigenvalue weighted by Crippen LogP contribution is 2.23. The molecule has 0 aliphatic carbocycles. The van der Waals surface area contributed by atoms with Crippen molar-refractivity contribution >= 4 is 17.4 Å². The summed E-state index contributed by atoms with van der Waals surface area (Å²) in [6, 6.07) is 15.0. The molecule has 25 heavy (non-hydrogen) atoms. The lowest BCUT2D eigenvalue weighted by Crippen LogP contribution is -2.28. The topological polar surface area (TPSA) is 71.6 Å². The number of ether oxygens (including phenoxy) is 2. The van der Waals surface area contributed by atoms with Gasteiger partial charge in [-0.05, 0) is 36.8 Å². The second-order valence-corrected chi connectivity index (χ2v) is 5.35. The van der Waals surface area contributed by atoms with Gasteiger partial charge in [0.25, 0.3) is 0 Å². The first-order valence-electron chi connectivity index (χ1n) is 8.31. The average Bonchev–Trinajstić information content (AvgIpc) is 2.63. The van der Waals surface area contributed by atoms with Crippen LogP contribution >= 0.6 is 0 Å². The molecule has 0 heterocycles. The number of hydrogen-bond donors (Lipinski definition) is 3. The molecule has 3 N–H and O–H groups in total. The molecule has 0 aliphatic rings. The Hall–Kier alpha value is -2.73. The van der Waals surface area contributed by atoms with Crippen LogP contribution in [0.1, 0.15) is 12.5 Å². The molecule has 0 saturated heterocycles. The van der Waals surface area contributed by atoms with Crippen LogP contribution in [0, 0.1) is 0 Å². The summed E-state index contributed by atoms with van der Waals surface area (Å²) in [5, 5.41) is 8.90. The maximum absolute atomic E-state index is 12.1. The van der Waals surface area contributed by atoms with E-state index in [2.05, 4.69) is 16.0 Å². The Kier molecular flexibility index (Phi) is 7.59. The van der Waals surface area contributed by atoms with Crippen molar-refractivity contribution in [3.63, 3.8) is 0 Å². The van der Waals surface area contributed by atoms with Gasteiger partial charge in [-0.15, -0.1) is 0 Å². The van der Waals surface area contributed by atoms with Crippen molar-refractivity contribution in [2.75, 3.05) is 37.5 Å². The number of hydrogen-bond acceptors (Lipinski definition) is 4. The van der Waals surface area contributed by atoms with E-state index in [1.165, 1.54) is 0 Å². The van der Waals surface area contributed by atoms with Gasteiger partial charge in [0.1, 0.15) is 5.75 Å². The molecule has 6 nitrogen and oxygen atoms in total. The Balaban J connectivity index is 1.82. The summed E-state index contributed by atoms with van der Waals surface area (Å²) in [5.74, 6) is 0.659. The molecule has 0 bridgehead atoms. The van der Waals surface area contributed by atoms with Crippen molar-refractivity contribution in [2.45, 2.75) is 13.5 Å². The van der Waals surface area contributed by atoms with Gasteiger partial charge in [-0.3, -0.25) is 0 Å². The van der Waals surface area contributed by atoms with Gasteiger partial charge in [0.2, 0.25) is 0 Å². The van der Waals surface area contributed by atoms with Crippen molar-refractivity contribution in [1.82, 2.24) is 5.32 Å². The predicted octanol–water partition coefficient (Wildman–Crippen LogP) is 3.47. The minimum absolute atomic E-state index is 0.269. The first-order valence-corrected chi connectivity index (χ1v) is 8.31. The maximum Gasteiger partial charge on any atom is 0.319 e.